The third-order valence-corrected chi connectivity index (χ3v) is 5.36. The van der Waals surface area contributed by atoms with Gasteiger partial charge in [0.05, 0.1) is 5.75 Å². The van der Waals surface area contributed by atoms with Gasteiger partial charge in [-0.1, -0.05) is 18.2 Å². The van der Waals surface area contributed by atoms with E-state index in [-0.39, 0.29) is 12.3 Å². The van der Waals surface area contributed by atoms with Crippen LogP contribution in [-0.2, 0) is 26.0 Å². The molecule has 1 aromatic carbocycles. The monoisotopic (exact) mass is 325 g/mol. The van der Waals surface area contributed by atoms with Crippen molar-refractivity contribution in [1.29, 1.82) is 0 Å². The van der Waals surface area contributed by atoms with Crippen LogP contribution in [0.15, 0.2) is 24.3 Å². The maximum Gasteiger partial charge on any atom is 0.316 e. The van der Waals surface area contributed by atoms with Crippen LogP contribution in [0.5, 0.6) is 0 Å². The van der Waals surface area contributed by atoms with Gasteiger partial charge in [-0.15, -0.1) is 0 Å². The summed E-state index contributed by atoms with van der Waals surface area (Å²) in [5.41, 5.74) is 1.77. The van der Waals surface area contributed by atoms with E-state index < -0.39 is 21.8 Å². The normalized spacial score (nSPS) is 14.0. The van der Waals surface area contributed by atoms with E-state index >= 15 is 0 Å². The van der Waals surface area contributed by atoms with Gasteiger partial charge in [0.1, 0.15) is 0 Å². The largest absolute Gasteiger partial charge is 0.347 e. The zero-order valence-electron chi connectivity index (χ0n) is 12.6. The van der Waals surface area contributed by atoms with Gasteiger partial charge >= 0.3 is 11.8 Å². The Bertz CT molecular complexity index is 685. The Morgan fingerprint density at radius 2 is 1.95 bits per heavy atom. The molecule has 8 heteroatoms. The number of carbonyl (C=O) groups excluding carboxylic acids is 2. The average Bonchev–Trinajstić information content (AvgIpc) is 2.89. The Balaban J connectivity index is 1.93. The van der Waals surface area contributed by atoms with Crippen molar-refractivity contribution >= 4 is 27.5 Å². The van der Waals surface area contributed by atoms with Crippen LogP contribution in [0.2, 0.25) is 0 Å². The summed E-state index contributed by atoms with van der Waals surface area (Å²) < 4.78 is 24.2. The summed E-state index contributed by atoms with van der Waals surface area (Å²) in [6, 6.07) is 7.42. The fourth-order valence-electron chi connectivity index (χ4n) is 2.22. The molecular weight excluding hydrogens is 306 g/mol. The summed E-state index contributed by atoms with van der Waals surface area (Å²) in [6.45, 7) is 0.363. The van der Waals surface area contributed by atoms with E-state index in [2.05, 4.69) is 5.32 Å². The lowest BCUT2D eigenvalue weighted by molar-refractivity contribution is -0.137. The molecule has 1 aliphatic heterocycles. The minimum absolute atomic E-state index is 0.0967. The number of para-hydroxylation sites is 1. The van der Waals surface area contributed by atoms with Crippen molar-refractivity contribution < 1.29 is 18.0 Å². The lowest BCUT2D eigenvalue weighted by atomic mass is 10.2. The van der Waals surface area contributed by atoms with Crippen LogP contribution in [0.3, 0.4) is 0 Å². The molecule has 2 amide bonds. The Morgan fingerprint density at radius 3 is 2.64 bits per heavy atom. The molecule has 0 radical (unpaired) electrons. The van der Waals surface area contributed by atoms with Crippen molar-refractivity contribution in [1.82, 2.24) is 9.62 Å². The second-order valence-corrected chi connectivity index (χ2v) is 7.49. The van der Waals surface area contributed by atoms with Gasteiger partial charge < -0.3 is 10.2 Å². The Morgan fingerprint density at radius 1 is 1.27 bits per heavy atom. The zero-order valence-corrected chi connectivity index (χ0v) is 13.4. The van der Waals surface area contributed by atoms with E-state index in [0.29, 0.717) is 13.0 Å². The summed E-state index contributed by atoms with van der Waals surface area (Å²) in [5, 5.41) is 2.37. The van der Waals surface area contributed by atoms with Crippen molar-refractivity contribution in [3.05, 3.63) is 29.8 Å². The number of fused-ring (bicyclic) bond motifs is 1. The average molecular weight is 325 g/mol. The van der Waals surface area contributed by atoms with Gasteiger partial charge in [-0.2, -0.15) is 0 Å². The quantitative estimate of drug-likeness (QED) is 0.762. The number of hydrogen-bond donors (Lipinski definition) is 1. The maximum atomic E-state index is 12.2. The summed E-state index contributed by atoms with van der Waals surface area (Å²) >= 11 is 0. The van der Waals surface area contributed by atoms with Gasteiger partial charge in [0.25, 0.3) is 0 Å². The SMILES string of the molecule is CN(C)S(=O)(=O)CCNC(=O)C(=O)N1CCc2ccccc21. The topological polar surface area (TPSA) is 86.8 Å². The number of nitrogens with one attached hydrogen (secondary N) is 1. The first-order chi connectivity index (χ1) is 10.3. The minimum atomic E-state index is -3.39. The number of rotatable bonds is 4. The smallest absolute Gasteiger partial charge is 0.316 e. The van der Waals surface area contributed by atoms with Crippen molar-refractivity contribution in [3.63, 3.8) is 0 Å². The van der Waals surface area contributed by atoms with Crippen LogP contribution in [-0.4, -0.2) is 57.5 Å². The number of nitrogens with zero attached hydrogens (tertiary/aromatic N) is 2. The second kappa shape index (κ2) is 6.45. The molecule has 0 fully saturated rings. The molecule has 120 valence electrons. The highest BCUT2D eigenvalue weighted by atomic mass is 32.2. The van der Waals surface area contributed by atoms with E-state index in [9.17, 15) is 18.0 Å². The van der Waals surface area contributed by atoms with Crippen molar-refractivity contribution in [3.8, 4) is 0 Å². The van der Waals surface area contributed by atoms with Gasteiger partial charge in [-0.3, -0.25) is 9.59 Å². The van der Waals surface area contributed by atoms with Crippen molar-refractivity contribution in [2.24, 2.45) is 0 Å². The van der Waals surface area contributed by atoms with Gasteiger partial charge in [0, 0.05) is 32.9 Å². The lowest BCUT2D eigenvalue weighted by Gasteiger charge is -2.17. The molecule has 0 aromatic heterocycles. The van der Waals surface area contributed by atoms with E-state index in [0.717, 1.165) is 15.6 Å². The fourth-order valence-corrected chi connectivity index (χ4v) is 2.95. The third-order valence-electron chi connectivity index (χ3n) is 3.53. The Kier molecular flexibility index (Phi) is 4.82. The standard InChI is InChI=1S/C14H19N3O4S/c1-16(2)22(20,21)10-8-15-13(18)14(19)17-9-7-11-5-3-4-6-12(11)17/h3-6H,7-10H2,1-2H3,(H,15,18). The molecule has 0 aliphatic carbocycles. The summed E-state index contributed by atoms with van der Waals surface area (Å²) in [4.78, 5) is 25.5. The highest BCUT2D eigenvalue weighted by molar-refractivity contribution is 7.89. The third kappa shape index (κ3) is 3.45. The van der Waals surface area contributed by atoms with E-state index in [4.69, 9.17) is 0 Å². The first-order valence-electron chi connectivity index (χ1n) is 6.91. The number of carbonyl (C=O) groups is 2. The number of anilines is 1. The molecule has 1 aliphatic rings. The molecule has 0 saturated carbocycles. The highest BCUT2D eigenvalue weighted by Crippen LogP contribution is 2.27. The Labute approximate surface area is 129 Å². The van der Waals surface area contributed by atoms with Crippen molar-refractivity contribution in [2.75, 3.05) is 37.8 Å². The van der Waals surface area contributed by atoms with Crippen molar-refractivity contribution in [2.45, 2.75) is 6.42 Å². The lowest BCUT2D eigenvalue weighted by Crippen LogP contribution is -2.44. The molecule has 0 bridgehead atoms. The first-order valence-corrected chi connectivity index (χ1v) is 8.51. The summed E-state index contributed by atoms with van der Waals surface area (Å²) in [6.07, 6.45) is 0.713. The molecule has 22 heavy (non-hydrogen) atoms. The number of hydrogen-bond acceptors (Lipinski definition) is 4. The molecular formula is C14H19N3O4S. The van der Waals surface area contributed by atoms with Crippen LogP contribution in [0.25, 0.3) is 0 Å². The molecule has 0 atom stereocenters. The molecule has 0 spiro atoms. The molecule has 0 saturated heterocycles. The predicted molar refractivity (Wildman–Crippen MR) is 83.0 cm³/mol. The molecule has 7 nitrogen and oxygen atoms in total. The molecule has 1 N–H and O–H groups in total. The Hall–Kier alpha value is -1.93. The molecule has 0 unspecified atom stereocenters. The minimum Gasteiger partial charge on any atom is -0.347 e. The summed E-state index contributed by atoms with van der Waals surface area (Å²) in [5.74, 6) is -1.69. The fraction of sp³-hybridized carbons (Fsp3) is 0.429. The molecule has 2 rings (SSSR count). The van der Waals surface area contributed by atoms with Crippen LogP contribution >= 0.6 is 0 Å². The van der Waals surface area contributed by atoms with E-state index in [1.807, 2.05) is 18.2 Å². The van der Waals surface area contributed by atoms with Crippen LogP contribution < -0.4 is 10.2 Å². The number of sulfonamides is 1. The van der Waals surface area contributed by atoms with Gasteiger partial charge in [0.15, 0.2) is 0 Å². The molecule has 1 heterocycles. The first kappa shape index (κ1) is 16.4. The van der Waals surface area contributed by atoms with Gasteiger partial charge in [0.2, 0.25) is 10.0 Å². The van der Waals surface area contributed by atoms with Crippen LogP contribution in [0, 0.1) is 0 Å². The maximum absolute atomic E-state index is 12.2. The number of amides is 2. The summed E-state index contributed by atoms with van der Waals surface area (Å²) in [7, 11) is -0.553. The highest BCUT2D eigenvalue weighted by Gasteiger charge is 2.28. The van der Waals surface area contributed by atoms with Gasteiger partial charge in [-0.05, 0) is 18.1 Å². The van der Waals surface area contributed by atoms with E-state index in [1.54, 1.807) is 6.07 Å². The number of benzene rings is 1. The predicted octanol–water partition coefficient (Wildman–Crippen LogP) is -0.417. The second-order valence-electron chi connectivity index (χ2n) is 5.19. The molecule has 1 aromatic rings. The van der Waals surface area contributed by atoms with Crippen LogP contribution in [0.4, 0.5) is 5.69 Å². The van der Waals surface area contributed by atoms with Crippen LogP contribution in [0.1, 0.15) is 5.56 Å². The van der Waals surface area contributed by atoms with E-state index in [1.165, 1.54) is 19.0 Å². The van der Waals surface area contributed by atoms with Gasteiger partial charge in [-0.25, -0.2) is 12.7 Å². The zero-order chi connectivity index (χ0) is 16.3.